The second kappa shape index (κ2) is 5.82. The molecule has 0 spiro atoms. The van der Waals surface area contributed by atoms with Crippen LogP contribution < -0.4 is 5.43 Å². The first kappa shape index (κ1) is 14.5. The quantitative estimate of drug-likeness (QED) is 0.727. The van der Waals surface area contributed by atoms with Crippen molar-refractivity contribution in [1.82, 2.24) is 9.88 Å². The summed E-state index contributed by atoms with van der Waals surface area (Å²) in [7, 11) is 0. The molecule has 0 bridgehead atoms. The molecule has 1 fully saturated rings. The van der Waals surface area contributed by atoms with Gasteiger partial charge in [-0.15, -0.1) is 0 Å². The molecule has 1 aliphatic heterocycles. The molecule has 1 N–H and O–H groups in total. The maximum absolute atomic E-state index is 13.0. The Labute approximate surface area is 135 Å². The van der Waals surface area contributed by atoms with E-state index in [9.17, 15) is 4.79 Å². The van der Waals surface area contributed by atoms with Crippen LogP contribution in [-0.4, -0.2) is 23.0 Å². The summed E-state index contributed by atoms with van der Waals surface area (Å²) in [5, 5.41) is 3.09. The van der Waals surface area contributed by atoms with Gasteiger partial charge in [-0.05, 0) is 44.3 Å². The van der Waals surface area contributed by atoms with Crippen LogP contribution in [0.2, 0.25) is 0 Å². The molecule has 23 heavy (non-hydrogen) atoms. The van der Waals surface area contributed by atoms with Gasteiger partial charge in [-0.1, -0.05) is 36.8 Å². The number of H-pyrrole nitrogens is 1. The van der Waals surface area contributed by atoms with Crippen LogP contribution in [-0.2, 0) is 6.54 Å². The Morgan fingerprint density at radius 2 is 1.78 bits per heavy atom. The molecule has 0 amide bonds. The van der Waals surface area contributed by atoms with Crippen LogP contribution in [0.3, 0.4) is 0 Å². The van der Waals surface area contributed by atoms with Crippen LogP contribution in [0.5, 0.6) is 0 Å². The topological polar surface area (TPSA) is 36.1 Å². The molecule has 0 radical (unpaired) electrons. The highest BCUT2D eigenvalue weighted by Gasteiger charge is 2.16. The number of nitrogens with zero attached hydrogens (tertiary/aromatic N) is 1. The molecule has 2 heterocycles. The minimum atomic E-state index is 0.188. The molecule has 1 saturated heterocycles. The van der Waals surface area contributed by atoms with Gasteiger partial charge < -0.3 is 4.98 Å². The van der Waals surface area contributed by atoms with Gasteiger partial charge in [0, 0.05) is 28.6 Å². The van der Waals surface area contributed by atoms with E-state index >= 15 is 0 Å². The number of pyridine rings is 1. The first-order valence-corrected chi connectivity index (χ1v) is 8.49. The van der Waals surface area contributed by atoms with E-state index in [1.807, 2.05) is 31.2 Å². The fourth-order valence-electron chi connectivity index (χ4n) is 3.72. The minimum Gasteiger partial charge on any atom is -0.358 e. The number of hydrogen-bond acceptors (Lipinski definition) is 2. The normalized spacial score (nSPS) is 16.2. The molecular weight excluding hydrogens is 284 g/mol. The molecule has 1 aliphatic rings. The van der Waals surface area contributed by atoms with Gasteiger partial charge in [-0.3, -0.25) is 9.69 Å². The summed E-state index contributed by atoms with van der Waals surface area (Å²) in [6, 6.07) is 12.2. The number of rotatable bonds is 2. The number of aromatic amines is 1. The van der Waals surface area contributed by atoms with Crippen molar-refractivity contribution in [3.05, 3.63) is 57.9 Å². The Morgan fingerprint density at radius 1 is 1.00 bits per heavy atom. The number of piperidine rings is 1. The Bertz CT molecular complexity index is 920. The number of benzene rings is 2. The van der Waals surface area contributed by atoms with Crippen LogP contribution in [0.4, 0.5) is 0 Å². The highest BCUT2D eigenvalue weighted by Crippen LogP contribution is 2.23. The largest absolute Gasteiger partial charge is 0.358 e. The summed E-state index contributed by atoms with van der Waals surface area (Å²) in [6.07, 6.45) is 3.81. The van der Waals surface area contributed by atoms with Gasteiger partial charge in [0.05, 0.1) is 5.52 Å². The average Bonchev–Trinajstić information content (AvgIpc) is 2.59. The predicted octanol–water partition coefficient (Wildman–Crippen LogP) is 3.98. The van der Waals surface area contributed by atoms with Crippen molar-refractivity contribution >= 4 is 21.7 Å². The molecular formula is C20H22N2O. The number of fused-ring (bicyclic) bond motifs is 3. The second-order valence-electron chi connectivity index (χ2n) is 6.60. The van der Waals surface area contributed by atoms with E-state index in [0.29, 0.717) is 0 Å². The zero-order chi connectivity index (χ0) is 15.8. The van der Waals surface area contributed by atoms with E-state index in [4.69, 9.17) is 0 Å². The van der Waals surface area contributed by atoms with Gasteiger partial charge >= 0.3 is 0 Å². The van der Waals surface area contributed by atoms with E-state index in [1.165, 1.54) is 24.6 Å². The Hall–Kier alpha value is -2.13. The lowest BCUT2D eigenvalue weighted by Gasteiger charge is -2.26. The van der Waals surface area contributed by atoms with E-state index in [1.54, 1.807) is 0 Å². The van der Waals surface area contributed by atoms with Crippen LogP contribution in [0.15, 0.2) is 41.2 Å². The molecule has 1 aromatic heterocycles. The number of likely N-dealkylation sites (tertiary alicyclic amines) is 1. The fourth-order valence-corrected chi connectivity index (χ4v) is 3.72. The third-order valence-electron chi connectivity index (χ3n) is 5.04. The third kappa shape index (κ3) is 2.55. The summed E-state index contributed by atoms with van der Waals surface area (Å²) >= 11 is 0. The van der Waals surface area contributed by atoms with Crippen LogP contribution in [0.25, 0.3) is 21.7 Å². The van der Waals surface area contributed by atoms with Gasteiger partial charge in [0.25, 0.3) is 0 Å². The number of aromatic nitrogens is 1. The smallest absolute Gasteiger partial charge is 0.194 e. The molecule has 3 aromatic rings. The van der Waals surface area contributed by atoms with Crippen molar-refractivity contribution in [1.29, 1.82) is 0 Å². The average molecular weight is 306 g/mol. The van der Waals surface area contributed by atoms with Gasteiger partial charge in [-0.25, -0.2) is 0 Å². The van der Waals surface area contributed by atoms with Crippen LogP contribution >= 0.6 is 0 Å². The van der Waals surface area contributed by atoms with Crippen molar-refractivity contribution in [3.63, 3.8) is 0 Å². The van der Waals surface area contributed by atoms with Crippen LogP contribution in [0, 0.1) is 6.92 Å². The Morgan fingerprint density at radius 3 is 2.61 bits per heavy atom. The molecule has 0 aliphatic carbocycles. The van der Waals surface area contributed by atoms with Crippen molar-refractivity contribution < 1.29 is 0 Å². The summed E-state index contributed by atoms with van der Waals surface area (Å²) in [4.78, 5) is 18.9. The number of aryl methyl sites for hydroxylation is 1. The lowest BCUT2D eigenvalue weighted by Crippen LogP contribution is -2.32. The van der Waals surface area contributed by atoms with Crippen molar-refractivity contribution in [2.75, 3.05) is 13.1 Å². The third-order valence-corrected chi connectivity index (χ3v) is 5.04. The van der Waals surface area contributed by atoms with Crippen LogP contribution in [0.1, 0.15) is 30.5 Å². The first-order valence-electron chi connectivity index (χ1n) is 8.49. The van der Waals surface area contributed by atoms with E-state index in [-0.39, 0.29) is 5.43 Å². The number of nitrogens with one attached hydrogen (secondary N) is 1. The zero-order valence-electron chi connectivity index (χ0n) is 13.6. The van der Waals surface area contributed by atoms with Crippen molar-refractivity contribution in [2.24, 2.45) is 0 Å². The van der Waals surface area contributed by atoms with Crippen molar-refractivity contribution in [3.8, 4) is 0 Å². The lowest BCUT2D eigenvalue weighted by molar-refractivity contribution is 0.220. The maximum Gasteiger partial charge on any atom is 0.194 e. The summed E-state index contributed by atoms with van der Waals surface area (Å²) in [6.45, 7) is 5.01. The van der Waals surface area contributed by atoms with Gasteiger partial charge in [-0.2, -0.15) is 0 Å². The predicted molar refractivity (Wildman–Crippen MR) is 95.9 cm³/mol. The molecule has 0 unspecified atom stereocenters. The Balaban J connectivity index is 1.86. The molecule has 118 valence electrons. The zero-order valence-corrected chi connectivity index (χ0v) is 13.6. The highest BCUT2D eigenvalue weighted by atomic mass is 16.1. The monoisotopic (exact) mass is 306 g/mol. The molecule has 3 nitrogen and oxygen atoms in total. The lowest BCUT2D eigenvalue weighted by atomic mass is 10.0. The second-order valence-corrected chi connectivity index (χ2v) is 6.60. The fraction of sp³-hybridized carbons (Fsp3) is 0.350. The summed E-state index contributed by atoms with van der Waals surface area (Å²) in [5.74, 6) is 0. The molecule has 2 aromatic carbocycles. The standard InChI is InChI=1S/C20H22N2O/c1-14-18(13-22-11-5-2-6-12-22)20(23)17-10-9-15-7-3-4-8-16(15)19(17)21-14/h3-4,7-10H,2,5-6,11-13H2,1H3,(H,21,23). The highest BCUT2D eigenvalue weighted by molar-refractivity contribution is 6.05. The maximum atomic E-state index is 13.0. The van der Waals surface area contributed by atoms with Gasteiger partial charge in [0.2, 0.25) is 0 Å². The first-order chi connectivity index (χ1) is 11.2. The Kier molecular flexibility index (Phi) is 3.66. The van der Waals surface area contributed by atoms with Gasteiger partial charge in [0.1, 0.15) is 0 Å². The molecule has 0 saturated carbocycles. The van der Waals surface area contributed by atoms with E-state index in [2.05, 4.69) is 22.0 Å². The molecule has 0 atom stereocenters. The van der Waals surface area contributed by atoms with E-state index in [0.717, 1.165) is 47.2 Å². The van der Waals surface area contributed by atoms with E-state index < -0.39 is 0 Å². The minimum absolute atomic E-state index is 0.188. The summed E-state index contributed by atoms with van der Waals surface area (Å²) < 4.78 is 0. The SMILES string of the molecule is Cc1[nH]c2c(ccc3ccccc32)c(=O)c1CN1CCCCC1. The summed E-state index contributed by atoms with van der Waals surface area (Å²) in [5.41, 5.74) is 3.08. The van der Waals surface area contributed by atoms with Gasteiger partial charge in [0.15, 0.2) is 5.43 Å². The van der Waals surface area contributed by atoms with Crippen molar-refractivity contribution in [2.45, 2.75) is 32.7 Å². The number of hydrogen-bond donors (Lipinski definition) is 1. The molecule has 4 rings (SSSR count). The molecule has 3 heteroatoms.